The molecule has 126 valence electrons. The molecule has 0 spiro atoms. The molecule has 0 saturated carbocycles. The lowest BCUT2D eigenvalue weighted by Crippen LogP contribution is -2.38. The number of nitrogens with one attached hydrogen (secondary N) is 2. The highest BCUT2D eigenvalue weighted by Crippen LogP contribution is 2.17. The number of halogens is 3. The SMILES string of the molecule is CN=C(NCCOc1ccc(F)cc1F)NCc1cccs1.I. The predicted octanol–water partition coefficient (Wildman–Crippen LogP) is 3.39. The van der Waals surface area contributed by atoms with Crippen LogP contribution in [-0.4, -0.2) is 26.2 Å². The number of rotatable bonds is 6. The lowest BCUT2D eigenvalue weighted by Gasteiger charge is -2.12. The van der Waals surface area contributed by atoms with E-state index in [9.17, 15) is 8.78 Å². The zero-order valence-electron chi connectivity index (χ0n) is 12.5. The first-order chi connectivity index (χ1) is 10.7. The Morgan fingerprint density at radius 2 is 2.09 bits per heavy atom. The summed E-state index contributed by atoms with van der Waals surface area (Å²) < 4.78 is 31.4. The Hall–Kier alpha value is -1.42. The summed E-state index contributed by atoms with van der Waals surface area (Å²) in [6.07, 6.45) is 0. The van der Waals surface area contributed by atoms with Gasteiger partial charge in [-0.05, 0) is 23.6 Å². The van der Waals surface area contributed by atoms with Crippen molar-refractivity contribution in [1.82, 2.24) is 10.6 Å². The number of guanidine groups is 1. The van der Waals surface area contributed by atoms with E-state index in [4.69, 9.17) is 4.74 Å². The maximum Gasteiger partial charge on any atom is 0.191 e. The van der Waals surface area contributed by atoms with Crippen molar-refractivity contribution >= 4 is 41.3 Å². The van der Waals surface area contributed by atoms with Crippen LogP contribution >= 0.6 is 35.3 Å². The largest absolute Gasteiger partial charge is 0.489 e. The molecule has 2 rings (SSSR count). The number of nitrogens with zero attached hydrogens (tertiary/aromatic N) is 1. The number of hydrogen-bond donors (Lipinski definition) is 2. The minimum Gasteiger partial charge on any atom is -0.489 e. The number of benzene rings is 1. The van der Waals surface area contributed by atoms with Crippen LogP contribution in [0.15, 0.2) is 40.7 Å². The smallest absolute Gasteiger partial charge is 0.191 e. The lowest BCUT2D eigenvalue weighted by atomic mass is 10.3. The van der Waals surface area contributed by atoms with E-state index in [2.05, 4.69) is 15.6 Å². The first kappa shape index (κ1) is 19.6. The Bertz CT molecular complexity index is 623. The van der Waals surface area contributed by atoms with Crippen LogP contribution in [0.25, 0.3) is 0 Å². The summed E-state index contributed by atoms with van der Waals surface area (Å²) in [5.41, 5.74) is 0. The van der Waals surface area contributed by atoms with Gasteiger partial charge in [0.2, 0.25) is 0 Å². The van der Waals surface area contributed by atoms with E-state index in [0.717, 1.165) is 12.1 Å². The molecule has 0 bridgehead atoms. The van der Waals surface area contributed by atoms with E-state index in [1.54, 1.807) is 18.4 Å². The molecular weight excluding hydrogens is 435 g/mol. The van der Waals surface area contributed by atoms with Gasteiger partial charge >= 0.3 is 0 Å². The molecule has 4 nitrogen and oxygen atoms in total. The van der Waals surface area contributed by atoms with Gasteiger partial charge in [-0.1, -0.05) is 6.07 Å². The van der Waals surface area contributed by atoms with E-state index in [1.165, 1.54) is 10.9 Å². The second-order valence-corrected chi connectivity index (χ2v) is 5.39. The highest BCUT2D eigenvalue weighted by Gasteiger charge is 2.04. The molecule has 0 aliphatic rings. The second kappa shape index (κ2) is 10.4. The van der Waals surface area contributed by atoms with Crippen molar-refractivity contribution in [2.75, 3.05) is 20.2 Å². The normalized spacial score (nSPS) is 10.8. The van der Waals surface area contributed by atoms with Gasteiger partial charge in [0, 0.05) is 18.0 Å². The standard InChI is InChI=1S/C15H17F2N3OS.HI/c1-18-15(20-10-12-3-2-8-22-12)19-6-7-21-14-5-4-11(16)9-13(14)17;/h2-5,8-9H,6-7,10H2,1H3,(H2,18,19,20);1H. The van der Waals surface area contributed by atoms with E-state index in [0.29, 0.717) is 19.0 Å². The summed E-state index contributed by atoms with van der Waals surface area (Å²) in [4.78, 5) is 5.28. The average molecular weight is 453 g/mol. The molecule has 0 atom stereocenters. The van der Waals surface area contributed by atoms with Gasteiger partial charge in [-0.2, -0.15) is 0 Å². The van der Waals surface area contributed by atoms with Gasteiger partial charge in [0.1, 0.15) is 12.4 Å². The zero-order valence-corrected chi connectivity index (χ0v) is 15.7. The molecule has 0 unspecified atom stereocenters. The topological polar surface area (TPSA) is 45.7 Å². The van der Waals surface area contributed by atoms with Crippen LogP contribution in [-0.2, 0) is 6.54 Å². The molecule has 0 radical (unpaired) electrons. The Kier molecular flexibility index (Phi) is 8.85. The van der Waals surface area contributed by atoms with Crippen LogP contribution in [0.5, 0.6) is 5.75 Å². The first-order valence-electron chi connectivity index (χ1n) is 6.74. The van der Waals surface area contributed by atoms with Crippen molar-refractivity contribution in [3.63, 3.8) is 0 Å². The van der Waals surface area contributed by atoms with Crippen LogP contribution in [0.1, 0.15) is 4.88 Å². The molecule has 1 aromatic carbocycles. The molecule has 8 heteroatoms. The summed E-state index contributed by atoms with van der Waals surface area (Å²) in [5.74, 6) is -0.664. The Balaban J connectivity index is 0.00000264. The fourth-order valence-corrected chi connectivity index (χ4v) is 2.37. The minimum atomic E-state index is -0.708. The Morgan fingerprint density at radius 1 is 1.26 bits per heavy atom. The third kappa shape index (κ3) is 6.69. The van der Waals surface area contributed by atoms with Crippen LogP contribution < -0.4 is 15.4 Å². The summed E-state index contributed by atoms with van der Waals surface area (Å²) in [7, 11) is 1.67. The summed E-state index contributed by atoms with van der Waals surface area (Å²) in [5, 5.41) is 8.23. The third-order valence-corrected chi connectivity index (χ3v) is 3.66. The zero-order chi connectivity index (χ0) is 15.8. The van der Waals surface area contributed by atoms with Crippen molar-refractivity contribution < 1.29 is 13.5 Å². The molecule has 1 heterocycles. The fourth-order valence-electron chi connectivity index (χ4n) is 1.73. The van der Waals surface area contributed by atoms with Gasteiger partial charge in [-0.15, -0.1) is 35.3 Å². The molecule has 0 fully saturated rings. The first-order valence-corrected chi connectivity index (χ1v) is 7.62. The van der Waals surface area contributed by atoms with Crippen molar-refractivity contribution in [2.24, 2.45) is 4.99 Å². The van der Waals surface area contributed by atoms with Crippen LogP contribution in [0.3, 0.4) is 0 Å². The van der Waals surface area contributed by atoms with Gasteiger partial charge in [0.15, 0.2) is 17.5 Å². The van der Waals surface area contributed by atoms with Gasteiger partial charge in [-0.25, -0.2) is 8.78 Å². The van der Waals surface area contributed by atoms with Gasteiger partial charge < -0.3 is 15.4 Å². The van der Waals surface area contributed by atoms with Crippen molar-refractivity contribution in [3.8, 4) is 5.75 Å². The van der Waals surface area contributed by atoms with Crippen molar-refractivity contribution in [1.29, 1.82) is 0 Å². The molecule has 0 aliphatic carbocycles. The highest BCUT2D eigenvalue weighted by molar-refractivity contribution is 14.0. The lowest BCUT2D eigenvalue weighted by molar-refractivity contribution is 0.304. The number of ether oxygens (including phenoxy) is 1. The monoisotopic (exact) mass is 453 g/mol. The molecule has 2 aromatic rings. The quantitative estimate of drug-likeness (QED) is 0.305. The van der Waals surface area contributed by atoms with Crippen molar-refractivity contribution in [2.45, 2.75) is 6.54 Å². The van der Waals surface area contributed by atoms with E-state index in [-0.39, 0.29) is 36.3 Å². The van der Waals surface area contributed by atoms with Crippen LogP contribution in [0.4, 0.5) is 8.78 Å². The Morgan fingerprint density at radius 3 is 2.74 bits per heavy atom. The number of thiophene rings is 1. The third-order valence-electron chi connectivity index (χ3n) is 2.78. The van der Waals surface area contributed by atoms with E-state index >= 15 is 0 Å². The van der Waals surface area contributed by atoms with E-state index < -0.39 is 11.6 Å². The number of aliphatic imine (C=N–C) groups is 1. The van der Waals surface area contributed by atoms with Gasteiger partial charge in [0.05, 0.1) is 13.1 Å². The van der Waals surface area contributed by atoms with E-state index in [1.807, 2.05) is 17.5 Å². The number of hydrogen-bond acceptors (Lipinski definition) is 3. The maximum atomic E-state index is 13.4. The van der Waals surface area contributed by atoms with Crippen molar-refractivity contribution in [3.05, 3.63) is 52.2 Å². The Labute approximate surface area is 155 Å². The predicted molar refractivity (Wildman–Crippen MR) is 99.8 cm³/mol. The minimum absolute atomic E-state index is 0. The fraction of sp³-hybridized carbons (Fsp3) is 0.267. The summed E-state index contributed by atoms with van der Waals surface area (Å²) >= 11 is 1.66. The second-order valence-electron chi connectivity index (χ2n) is 4.36. The van der Waals surface area contributed by atoms with Crippen LogP contribution in [0.2, 0.25) is 0 Å². The molecule has 1 aromatic heterocycles. The molecular formula is C15H18F2IN3OS. The summed E-state index contributed by atoms with van der Waals surface area (Å²) in [6.45, 7) is 1.37. The van der Waals surface area contributed by atoms with Crippen LogP contribution in [0, 0.1) is 11.6 Å². The molecule has 0 aliphatic heterocycles. The van der Waals surface area contributed by atoms with Gasteiger partial charge in [0.25, 0.3) is 0 Å². The van der Waals surface area contributed by atoms with Gasteiger partial charge in [-0.3, -0.25) is 4.99 Å². The molecule has 23 heavy (non-hydrogen) atoms. The highest BCUT2D eigenvalue weighted by atomic mass is 127. The summed E-state index contributed by atoms with van der Waals surface area (Å²) in [6, 6.07) is 7.25. The maximum absolute atomic E-state index is 13.4. The molecule has 0 saturated heterocycles. The molecule has 2 N–H and O–H groups in total. The average Bonchev–Trinajstić information content (AvgIpc) is 3.01. The molecule has 0 amide bonds.